The van der Waals surface area contributed by atoms with E-state index in [9.17, 15) is 9.59 Å². The van der Waals surface area contributed by atoms with Crippen LogP contribution in [0.2, 0.25) is 0 Å². The minimum absolute atomic E-state index is 0.176. The van der Waals surface area contributed by atoms with Crippen molar-refractivity contribution >= 4 is 17.6 Å². The zero-order valence-electron chi connectivity index (χ0n) is 18.4. The number of esters is 1. The molecule has 30 heavy (non-hydrogen) atoms. The second-order valence-electron chi connectivity index (χ2n) is 8.00. The molecule has 0 aliphatic rings. The quantitative estimate of drug-likeness (QED) is 0.335. The van der Waals surface area contributed by atoms with Crippen LogP contribution in [0.1, 0.15) is 96.1 Å². The average molecular weight is 412 g/mol. The van der Waals surface area contributed by atoms with Gasteiger partial charge in [0.05, 0.1) is 11.1 Å². The van der Waals surface area contributed by atoms with Gasteiger partial charge < -0.3 is 10.1 Å². The Bertz CT molecular complexity index is 788. The molecule has 0 saturated carbocycles. The van der Waals surface area contributed by atoms with Gasteiger partial charge in [0.1, 0.15) is 12.1 Å². The summed E-state index contributed by atoms with van der Waals surface area (Å²) in [4.78, 5) is 24.6. The summed E-state index contributed by atoms with van der Waals surface area (Å²) in [5.41, 5.74) is -0.548. The molecule has 162 valence electrons. The third-order valence-corrected chi connectivity index (χ3v) is 4.92. The van der Waals surface area contributed by atoms with Crippen molar-refractivity contribution in [2.24, 2.45) is 0 Å². The van der Waals surface area contributed by atoms with Gasteiger partial charge in [-0.2, -0.15) is 10.5 Å². The summed E-state index contributed by atoms with van der Waals surface area (Å²) in [6.07, 6.45) is 10.7. The van der Waals surface area contributed by atoms with E-state index in [1.807, 2.05) is 12.1 Å². The fraction of sp³-hybridized carbons (Fsp3) is 0.583. The first-order valence-electron chi connectivity index (χ1n) is 10.8. The molecule has 1 rings (SSSR count). The van der Waals surface area contributed by atoms with E-state index in [2.05, 4.69) is 12.2 Å². The maximum Gasteiger partial charge on any atom is 0.306 e. The standard InChI is InChI=1S/C24H33N3O3/c1-4-5-6-7-8-9-10-11-12-13-22(28)30-24(2,3)23(29)27-21-15-14-19(17-25)20(16-21)18-26/h14-16H,4-13H2,1-3H3,(H,27,29). The Morgan fingerprint density at radius 1 is 0.933 bits per heavy atom. The molecule has 1 N–H and O–H groups in total. The van der Waals surface area contributed by atoms with Gasteiger partial charge in [0, 0.05) is 12.1 Å². The highest BCUT2D eigenvalue weighted by atomic mass is 16.6. The third kappa shape index (κ3) is 9.09. The van der Waals surface area contributed by atoms with Crippen molar-refractivity contribution in [3.05, 3.63) is 29.3 Å². The van der Waals surface area contributed by atoms with E-state index in [0.717, 1.165) is 19.3 Å². The van der Waals surface area contributed by atoms with Crippen molar-refractivity contribution in [2.45, 2.75) is 90.6 Å². The largest absolute Gasteiger partial charge is 0.450 e. The number of carbonyl (C=O) groups is 2. The molecule has 0 aliphatic carbocycles. The zero-order chi connectivity index (χ0) is 22.4. The molecule has 1 aromatic rings. The van der Waals surface area contributed by atoms with Crippen molar-refractivity contribution in [3.8, 4) is 12.1 Å². The molecule has 0 bridgehead atoms. The van der Waals surface area contributed by atoms with Crippen LogP contribution in [0.4, 0.5) is 5.69 Å². The smallest absolute Gasteiger partial charge is 0.306 e. The molecule has 0 atom stereocenters. The Balaban J connectivity index is 2.38. The topological polar surface area (TPSA) is 103 Å². The molecule has 0 unspecified atom stereocenters. The van der Waals surface area contributed by atoms with Gasteiger partial charge in [-0.15, -0.1) is 0 Å². The lowest BCUT2D eigenvalue weighted by Crippen LogP contribution is -2.41. The summed E-state index contributed by atoms with van der Waals surface area (Å²) in [6, 6.07) is 8.28. The lowest BCUT2D eigenvalue weighted by Gasteiger charge is -2.24. The highest BCUT2D eigenvalue weighted by molar-refractivity contribution is 5.98. The van der Waals surface area contributed by atoms with Gasteiger partial charge in [-0.3, -0.25) is 9.59 Å². The van der Waals surface area contributed by atoms with Crippen molar-refractivity contribution in [1.82, 2.24) is 0 Å². The second kappa shape index (κ2) is 13.4. The Morgan fingerprint density at radius 3 is 2.07 bits per heavy atom. The Kier molecular flexibility index (Phi) is 11.2. The van der Waals surface area contributed by atoms with Crippen LogP contribution < -0.4 is 5.32 Å². The van der Waals surface area contributed by atoms with Crippen LogP contribution in [0.5, 0.6) is 0 Å². The molecule has 0 aromatic heterocycles. The Hall–Kier alpha value is -2.86. The van der Waals surface area contributed by atoms with E-state index in [0.29, 0.717) is 12.1 Å². The minimum atomic E-state index is -1.34. The molecule has 0 saturated heterocycles. The van der Waals surface area contributed by atoms with E-state index >= 15 is 0 Å². The number of anilines is 1. The number of unbranched alkanes of at least 4 members (excludes halogenated alkanes) is 8. The molecule has 0 aliphatic heterocycles. The van der Waals surface area contributed by atoms with Gasteiger partial charge in [-0.1, -0.05) is 58.3 Å². The van der Waals surface area contributed by atoms with Crippen LogP contribution in [0.3, 0.4) is 0 Å². The van der Waals surface area contributed by atoms with E-state index < -0.39 is 17.5 Å². The van der Waals surface area contributed by atoms with Crippen LogP contribution in [-0.4, -0.2) is 17.5 Å². The fourth-order valence-electron chi connectivity index (χ4n) is 3.06. The molecular formula is C24H33N3O3. The number of carbonyl (C=O) groups excluding carboxylic acids is 2. The van der Waals surface area contributed by atoms with Crippen LogP contribution in [0.15, 0.2) is 18.2 Å². The highest BCUT2D eigenvalue weighted by Crippen LogP contribution is 2.19. The maximum atomic E-state index is 12.5. The summed E-state index contributed by atoms with van der Waals surface area (Å²) in [6.45, 7) is 5.28. The van der Waals surface area contributed by atoms with Crippen molar-refractivity contribution in [1.29, 1.82) is 10.5 Å². The molecular weight excluding hydrogens is 378 g/mol. The number of hydrogen-bond acceptors (Lipinski definition) is 5. The van der Waals surface area contributed by atoms with E-state index in [-0.39, 0.29) is 11.1 Å². The lowest BCUT2D eigenvalue weighted by molar-refractivity contribution is -0.162. The fourth-order valence-corrected chi connectivity index (χ4v) is 3.06. The summed E-state index contributed by atoms with van der Waals surface area (Å²) in [5.74, 6) is -0.882. The van der Waals surface area contributed by atoms with Crippen molar-refractivity contribution in [3.63, 3.8) is 0 Å². The predicted octanol–water partition coefficient (Wildman–Crippen LogP) is 5.61. The highest BCUT2D eigenvalue weighted by Gasteiger charge is 2.32. The molecule has 0 spiro atoms. The lowest BCUT2D eigenvalue weighted by atomic mass is 10.1. The van der Waals surface area contributed by atoms with Gasteiger partial charge in [-0.05, 0) is 38.5 Å². The first-order chi connectivity index (χ1) is 14.3. The third-order valence-electron chi connectivity index (χ3n) is 4.92. The summed E-state index contributed by atoms with van der Waals surface area (Å²) in [7, 11) is 0. The van der Waals surface area contributed by atoms with Gasteiger partial charge in [0.2, 0.25) is 0 Å². The first-order valence-corrected chi connectivity index (χ1v) is 10.8. The number of amides is 1. The SMILES string of the molecule is CCCCCCCCCCCC(=O)OC(C)(C)C(=O)Nc1ccc(C#N)c(C#N)c1. The molecule has 6 nitrogen and oxygen atoms in total. The molecule has 6 heteroatoms. The molecule has 1 amide bonds. The average Bonchev–Trinajstić information content (AvgIpc) is 2.72. The summed E-state index contributed by atoms with van der Waals surface area (Å²) in [5, 5.41) is 20.7. The van der Waals surface area contributed by atoms with Gasteiger partial charge in [0.25, 0.3) is 5.91 Å². The molecule has 0 fully saturated rings. The second-order valence-corrected chi connectivity index (χ2v) is 8.00. The van der Waals surface area contributed by atoms with Gasteiger partial charge in [0.15, 0.2) is 5.60 Å². The number of nitriles is 2. The molecule has 0 heterocycles. The summed E-state index contributed by atoms with van der Waals surface area (Å²) < 4.78 is 5.38. The van der Waals surface area contributed by atoms with Crippen molar-refractivity contribution < 1.29 is 14.3 Å². The van der Waals surface area contributed by atoms with Gasteiger partial charge >= 0.3 is 5.97 Å². The normalized spacial score (nSPS) is 10.7. The first kappa shape index (κ1) is 25.2. The number of benzene rings is 1. The van der Waals surface area contributed by atoms with Crippen LogP contribution in [-0.2, 0) is 14.3 Å². The van der Waals surface area contributed by atoms with E-state index in [4.69, 9.17) is 15.3 Å². The molecule has 1 aromatic carbocycles. The Morgan fingerprint density at radius 2 is 1.50 bits per heavy atom. The minimum Gasteiger partial charge on any atom is -0.450 e. The number of hydrogen-bond donors (Lipinski definition) is 1. The number of ether oxygens (including phenoxy) is 1. The van der Waals surface area contributed by atoms with Crippen molar-refractivity contribution in [2.75, 3.05) is 5.32 Å². The zero-order valence-corrected chi connectivity index (χ0v) is 18.4. The number of nitrogens with zero attached hydrogens (tertiary/aromatic N) is 2. The van der Waals surface area contributed by atoms with E-state index in [1.165, 1.54) is 70.6 Å². The number of nitrogens with one attached hydrogen (secondary N) is 1. The van der Waals surface area contributed by atoms with Gasteiger partial charge in [-0.25, -0.2) is 0 Å². The predicted molar refractivity (Wildman–Crippen MR) is 117 cm³/mol. The number of rotatable bonds is 13. The maximum absolute atomic E-state index is 12.5. The van der Waals surface area contributed by atoms with Crippen LogP contribution in [0.25, 0.3) is 0 Å². The monoisotopic (exact) mass is 411 g/mol. The molecule has 0 radical (unpaired) electrons. The summed E-state index contributed by atoms with van der Waals surface area (Å²) >= 11 is 0. The Labute approximate surface area is 180 Å². The van der Waals surface area contributed by atoms with E-state index in [1.54, 1.807) is 0 Å². The van der Waals surface area contributed by atoms with Crippen LogP contribution in [0, 0.1) is 22.7 Å². The van der Waals surface area contributed by atoms with Crippen LogP contribution >= 0.6 is 0 Å².